The van der Waals surface area contributed by atoms with Gasteiger partial charge in [0.1, 0.15) is 5.75 Å². The average Bonchev–Trinajstić information content (AvgIpc) is 3.04. The molecule has 0 radical (unpaired) electrons. The summed E-state index contributed by atoms with van der Waals surface area (Å²) in [6, 6.07) is 7.22. The van der Waals surface area contributed by atoms with E-state index in [1.807, 2.05) is 24.4 Å². The molecule has 132 valence electrons. The Morgan fingerprint density at radius 1 is 1.44 bits per heavy atom. The molecule has 0 bridgehead atoms. The molecular formula is C16H19N5O2S2. The summed E-state index contributed by atoms with van der Waals surface area (Å²) < 4.78 is 5.14. The number of hydrazone groups is 1. The number of rotatable bonds is 6. The van der Waals surface area contributed by atoms with Crippen molar-refractivity contribution in [3.8, 4) is 5.75 Å². The first-order chi connectivity index (χ1) is 12.0. The minimum absolute atomic E-state index is 0.130. The zero-order valence-corrected chi connectivity index (χ0v) is 15.8. The quantitative estimate of drug-likeness (QED) is 0.458. The summed E-state index contributed by atoms with van der Waals surface area (Å²) in [6.07, 6.45) is 1.55. The van der Waals surface area contributed by atoms with E-state index in [1.54, 1.807) is 25.5 Å². The number of carbonyl (C=O) groups excluding carboxylic acids is 1. The molecular weight excluding hydrogens is 358 g/mol. The SMILES string of the molecule is CCNC(=S)N/N=C\c1csc(N(C(C)=O)c2ccc(OC)cc2)n1. The smallest absolute Gasteiger partial charge is 0.230 e. The van der Waals surface area contributed by atoms with E-state index in [4.69, 9.17) is 17.0 Å². The third-order valence-corrected chi connectivity index (χ3v) is 4.13. The third-order valence-electron chi connectivity index (χ3n) is 3.05. The maximum absolute atomic E-state index is 12.1. The van der Waals surface area contributed by atoms with E-state index in [0.29, 0.717) is 15.9 Å². The summed E-state index contributed by atoms with van der Waals surface area (Å²) in [5.41, 5.74) is 4.05. The van der Waals surface area contributed by atoms with Crippen molar-refractivity contribution >= 4 is 51.6 Å². The van der Waals surface area contributed by atoms with Crippen LogP contribution in [0.4, 0.5) is 10.8 Å². The van der Waals surface area contributed by atoms with Gasteiger partial charge in [-0.1, -0.05) is 0 Å². The lowest BCUT2D eigenvalue weighted by molar-refractivity contribution is -0.115. The fourth-order valence-corrected chi connectivity index (χ4v) is 2.99. The van der Waals surface area contributed by atoms with Gasteiger partial charge in [-0.3, -0.25) is 15.1 Å². The summed E-state index contributed by atoms with van der Waals surface area (Å²) in [5, 5.41) is 9.77. The number of carbonyl (C=O) groups is 1. The first-order valence-corrected chi connectivity index (χ1v) is 8.81. The largest absolute Gasteiger partial charge is 0.497 e. The molecule has 0 fully saturated rings. The number of anilines is 2. The van der Waals surface area contributed by atoms with Crippen LogP contribution in [-0.2, 0) is 4.79 Å². The number of hydrogen-bond acceptors (Lipinski definition) is 6. The molecule has 0 unspecified atom stereocenters. The molecule has 1 amide bonds. The lowest BCUT2D eigenvalue weighted by Crippen LogP contribution is -2.31. The van der Waals surface area contributed by atoms with Crippen molar-refractivity contribution in [1.82, 2.24) is 15.7 Å². The predicted molar refractivity (Wildman–Crippen MR) is 105 cm³/mol. The number of nitrogens with one attached hydrogen (secondary N) is 2. The minimum Gasteiger partial charge on any atom is -0.497 e. The number of aromatic nitrogens is 1. The van der Waals surface area contributed by atoms with Crippen molar-refractivity contribution in [3.05, 3.63) is 35.3 Å². The molecule has 0 aliphatic heterocycles. The molecule has 0 aliphatic rings. The Kier molecular flexibility index (Phi) is 6.84. The topological polar surface area (TPSA) is 78.9 Å². The number of thiazole rings is 1. The van der Waals surface area contributed by atoms with Crippen molar-refractivity contribution < 1.29 is 9.53 Å². The maximum Gasteiger partial charge on any atom is 0.230 e. The highest BCUT2D eigenvalue weighted by Crippen LogP contribution is 2.29. The number of hydrogen-bond donors (Lipinski definition) is 2. The number of amides is 1. The van der Waals surface area contributed by atoms with Gasteiger partial charge in [-0.25, -0.2) is 4.98 Å². The first kappa shape index (κ1) is 18.8. The van der Waals surface area contributed by atoms with E-state index in [2.05, 4.69) is 20.8 Å². The molecule has 0 saturated heterocycles. The van der Waals surface area contributed by atoms with Gasteiger partial charge >= 0.3 is 0 Å². The Morgan fingerprint density at radius 2 is 2.16 bits per heavy atom. The fraction of sp³-hybridized carbons (Fsp3) is 0.250. The number of thiocarbonyl (C=S) groups is 1. The summed E-state index contributed by atoms with van der Waals surface area (Å²) in [4.78, 5) is 18.0. The van der Waals surface area contributed by atoms with Crippen LogP contribution in [0, 0.1) is 0 Å². The van der Waals surface area contributed by atoms with E-state index in [9.17, 15) is 4.79 Å². The fourth-order valence-electron chi connectivity index (χ4n) is 1.95. The van der Waals surface area contributed by atoms with E-state index in [1.165, 1.54) is 23.2 Å². The van der Waals surface area contributed by atoms with Crippen LogP contribution in [0.3, 0.4) is 0 Å². The molecule has 0 spiro atoms. The highest BCUT2D eigenvalue weighted by Gasteiger charge is 2.17. The van der Waals surface area contributed by atoms with Gasteiger partial charge in [0.15, 0.2) is 10.2 Å². The lowest BCUT2D eigenvalue weighted by atomic mass is 10.3. The van der Waals surface area contributed by atoms with Gasteiger partial charge < -0.3 is 10.1 Å². The molecule has 1 aromatic carbocycles. The Balaban J connectivity index is 2.14. The molecule has 1 heterocycles. The summed E-state index contributed by atoms with van der Waals surface area (Å²) in [6.45, 7) is 4.16. The van der Waals surface area contributed by atoms with Crippen molar-refractivity contribution in [1.29, 1.82) is 0 Å². The molecule has 0 saturated carbocycles. The third kappa shape index (κ3) is 5.23. The van der Waals surface area contributed by atoms with E-state index in [-0.39, 0.29) is 5.91 Å². The monoisotopic (exact) mass is 377 g/mol. The van der Waals surface area contributed by atoms with Crippen LogP contribution in [0.1, 0.15) is 19.5 Å². The lowest BCUT2D eigenvalue weighted by Gasteiger charge is -2.18. The maximum atomic E-state index is 12.1. The second-order valence-electron chi connectivity index (χ2n) is 4.84. The highest BCUT2D eigenvalue weighted by atomic mass is 32.1. The van der Waals surface area contributed by atoms with Crippen LogP contribution >= 0.6 is 23.6 Å². The first-order valence-electron chi connectivity index (χ1n) is 7.52. The summed E-state index contributed by atoms with van der Waals surface area (Å²) in [7, 11) is 1.60. The van der Waals surface area contributed by atoms with Gasteiger partial charge in [0.25, 0.3) is 0 Å². The van der Waals surface area contributed by atoms with E-state index >= 15 is 0 Å². The number of ether oxygens (including phenoxy) is 1. The molecule has 1 aromatic heterocycles. The van der Waals surface area contributed by atoms with Crippen molar-refractivity contribution in [2.45, 2.75) is 13.8 Å². The number of methoxy groups -OCH3 is 1. The van der Waals surface area contributed by atoms with E-state index in [0.717, 1.165) is 18.0 Å². The zero-order chi connectivity index (χ0) is 18.2. The molecule has 2 rings (SSSR count). The normalized spacial score (nSPS) is 10.5. The van der Waals surface area contributed by atoms with Crippen LogP contribution in [0.5, 0.6) is 5.75 Å². The Morgan fingerprint density at radius 3 is 2.76 bits per heavy atom. The van der Waals surface area contributed by atoms with Crippen molar-refractivity contribution in [2.24, 2.45) is 5.10 Å². The highest BCUT2D eigenvalue weighted by molar-refractivity contribution is 7.80. The van der Waals surface area contributed by atoms with Gasteiger partial charge in [0.2, 0.25) is 5.91 Å². The Bertz CT molecular complexity index is 758. The Labute approximate surface area is 155 Å². The second-order valence-corrected chi connectivity index (χ2v) is 6.08. The molecule has 9 heteroatoms. The minimum atomic E-state index is -0.130. The van der Waals surface area contributed by atoms with Gasteiger partial charge in [0, 0.05) is 18.8 Å². The molecule has 25 heavy (non-hydrogen) atoms. The van der Waals surface area contributed by atoms with Gasteiger partial charge in [-0.2, -0.15) is 5.10 Å². The summed E-state index contributed by atoms with van der Waals surface area (Å²) >= 11 is 6.37. The standard InChI is InChI=1S/C16H19N5O2S2/c1-4-17-15(24)20-18-9-12-10-25-16(19-12)21(11(2)22)13-5-7-14(23-3)8-6-13/h5-10H,4H2,1-3H3,(H2,17,20,24)/b18-9-. The van der Waals surface area contributed by atoms with Crippen LogP contribution in [0.25, 0.3) is 0 Å². The van der Waals surface area contributed by atoms with Crippen molar-refractivity contribution in [2.75, 3.05) is 18.6 Å². The zero-order valence-electron chi connectivity index (χ0n) is 14.1. The van der Waals surface area contributed by atoms with E-state index < -0.39 is 0 Å². The van der Waals surface area contributed by atoms with Crippen LogP contribution in [0.15, 0.2) is 34.7 Å². The number of nitrogens with zero attached hydrogens (tertiary/aromatic N) is 3. The molecule has 0 atom stereocenters. The van der Waals surface area contributed by atoms with Gasteiger partial charge in [0.05, 0.1) is 24.7 Å². The second kappa shape index (κ2) is 9.09. The van der Waals surface area contributed by atoms with Crippen molar-refractivity contribution in [3.63, 3.8) is 0 Å². The molecule has 0 aliphatic carbocycles. The molecule has 2 aromatic rings. The number of benzene rings is 1. The Hall–Kier alpha value is -2.52. The average molecular weight is 377 g/mol. The van der Waals surface area contributed by atoms with Crippen LogP contribution < -0.4 is 20.4 Å². The van der Waals surface area contributed by atoms with Gasteiger partial charge in [-0.15, -0.1) is 11.3 Å². The van der Waals surface area contributed by atoms with Crippen LogP contribution in [0.2, 0.25) is 0 Å². The molecule has 7 nitrogen and oxygen atoms in total. The predicted octanol–water partition coefficient (Wildman–Crippen LogP) is 2.65. The van der Waals surface area contributed by atoms with Crippen LogP contribution in [-0.4, -0.2) is 35.9 Å². The molecule has 2 N–H and O–H groups in total. The summed E-state index contributed by atoms with van der Waals surface area (Å²) in [5.74, 6) is 0.594. The van der Waals surface area contributed by atoms with Gasteiger partial charge in [-0.05, 0) is 43.4 Å².